The third kappa shape index (κ3) is 4.62. The number of carbonyl (C=O) groups excluding carboxylic acids is 1. The Balaban J connectivity index is 1.68. The molecule has 33 heavy (non-hydrogen) atoms. The van der Waals surface area contributed by atoms with Crippen LogP contribution in [0, 0.1) is 5.82 Å². The van der Waals surface area contributed by atoms with E-state index in [1.54, 1.807) is 4.90 Å². The van der Waals surface area contributed by atoms with Gasteiger partial charge in [0.05, 0.1) is 42.8 Å². The molecule has 2 aliphatic rings. The van der Waals surface area contributed by atoms with Crippen LogP contribution >= 0.6 is 46.7 Å². The Morgan fingerprint density at radius 2 is 1.70 bits per heavy atom. The molecule has 4 rings (SSSR count). The number of benzene rings is 2. The van der Waals surface area contributed by atoms with Crippen molar-refractivity contribution in [1.82, 2.24) is 4.90 Å². The zero-order valence-corrected chi connectivity index (χ0v) is 20.9. The molecule has 0 bridgehead atoms. The highest BCUT2D eigenvalue weighted by Crippen LogP contribution is 2.46. The van der Waals surface area contributed by atoms with E-state index in [4.69, 9.17) is 37.4 Å². The molecule has 0 radical (unpaired) electrons. The first-order valence-electron chi connectivity index (χ1n) is 9.53. The second-order valence-corrected chi connectivity index (χ2v) is 9.68. The van der Waals surface area contributed by atoms with Gasteiger partial charge in [-0.15, -0.1) is 16.9 Å². The van der Waals surface area contributed by atoms with Gasteiger partial charge in [-0.3, -0.25) is 9.69 Å². The molecule has 1 amide bonds. The van der Waals surface area contributed by atoms with E-state index in [9.17, 15) is 9.18 Å². The van der Waals surface area contributed by atoms with E-state index in [0.29, 0.717) is 39.4 Å². The number of carbonyl (C=O) groups is 1. The van der Waals surface area contributed by atoms with Crippen LogP contribution in [0.5, 0.6) is 17.2 Å². The largest absolute Gasteiger partial charge is 0.493 e. The summed E-state index contributed by atoms with van der Waals surface area (Å²) in [4.78, 5) is 14.4. The highest BCUT2D eigenvalue weighted by atomic mass is 35.5. The Morgan fingerprint density at radius 1 is 1.00 bits per heavy atom. The minimum atomic E-state index is -0.591. The first-order valence-corrected chi connectivity index (χ1v) is 12.3. The molecule has 0 saturated carbocycles. The highest BCUT2D eigenvalue weighted by Gasteiger charge is 2.38. The molecule has 1 fully saturated rings. The van der Waals surface area contributed by atoms with Crippen molar-refractivity contribution in [3.05, 3.63) is 51.3 Å². The van der Waals surface area contributed by atoms with Gasteiger partial charge in [0.15, 0.2) is 16.7 Å². The Hall–Kier alpha value is -2.14. The lowest BCUT2D eigenvalue weighted by Crippen LogP contribution is -2.34. The summed E-state index contributed by atoms with van der Waals surface area (Å²) in [7, 11) is 4.60. The van der Waals surface area contributed by atoms with E-state index in [0.717, 1.165) is 5.56 Å². The summed E-state index contributed by atoms with van der Waals surface area (Å²) in [5.41, 5.74) is 1.70. The number of nitrogens with zero attached hydrogens (tertiary/aromatic N) is 3. The van der Waals surface area contributed by atoms with Crippen molar-refractivity contribution in [2.24, 2.45) is 10.2 Å². The zero-order chi connectivity index (χ0) is 23.7. The molecule has 2 heterocycles. The number of halogens is 3. The van der Waals surface area contributed by atoms with Crippen molar-refractivity contribution in [2.45, 2.75) is 5.37 Å². The average molecular weight is 530 g/mol. The highest BCUT2D eigenvalue weighted by molar-refractivity contribution is 8.14. The number of rotatable bonds is 5. The predicted octanol–water partition coefficient (Wildman–Crippen LogP) is 5.24. The third-order valence-electron chi connectivity index (χ3n) is 4.96. The van der Waals surface area contributed by atoms with Crippen molar-refractivity contribution in [3.63, 3.8) is 0 Å². The van der Waals surface area contributed by atoms with Gasteiger partial charge in [0, 0.05) is 11.3 Å². The number of ether oxygens (including phenoxy) is 3. The number of thioether (sulfide) groups is 2. The standard InChI is InChI=1S/C21H18Cl2FN3O4S2/c1-29-16-4-10(5-17(30-2)19(16)31-3)20-27(18(28)9-32-20)21-26-25-15(8-33-21)11-6-14(24)13(23)7-12(11)22/h4-7,20H,8-9H2,1-3H3. The van der Waals surface area contributed by atoms with Gasteiger partial charge >= 0.3 is 0 Å². The maximum absolute atomic E-state index is 13.9. The van der Waals surface area contributed by atoms with Gasteiger partial charge in [-0.05, 0) is 29.8 Å². The first-order chi connectivity index (χ1) is 15.9. The van der Waals surface area contributed by atoms with Crippen LogP contribution in [0.3, 0.4) is 0 Å². The first kappa shape index (κ1) is 24.0. The summed E-state index contributed by atoms with van der Waals surface area (Å²) in [6.07, 6.45) is 0. The Bertz CT molecular complexity index is 1150. The predicted molar refractivity (Wildman–Crippen MR) is 131 cm³/mol. The lowest BCUT2D eigenvalue weighted by Gasteiger charge is -2.27. The maximum Gasteiger partial charge on any atom is 0.239 e. The molecule has 1 atom stereocenters. The molecule has 0 aromatic heterocycles. The Kier molecular flexibility index (Phi) is 7.28. The van der Waals surface area contributed by atoms with Gasteiger partial charge in [-0.1, -0.05) is 35.0 Å². The van der Waals surface area contributed by atoms with Gasteiger partial charge in [-0.2, -0.15) is 5.10 Å². The SMILES string of the molecule is COc1cc(C2SCC(=O)N2C2=NN=C(c3cc(F)c(Cl)cc3Cl)CS2)cc(OC)c1OC. The lowest BCUT2D eigenvalue weighted by molar-refractivity contribution is -0.124. The van der Waals surface area contributed by atoms with Gasteiger partial charge < -0.3 is 14.2 Å². The molecule has 2 aliphatic heterocycles. The molecule has 0 N–H and O–H groups in total. The number of amides is 1. The van der Waals surface area contributed by atoms with Gasteiger partial charge in [0.1, 0.15) is 11.2 Å². The molecule has 2 aromatic rings. The van der Waals surface area contributed by atoms with Crippen LogP contribution in [0.2, 0.25) is 10.0 Å². The number of amidine groups is 1. The topological polar surface area (TPSA) is 72.7 Å². The minimum absolute atomic E-state index is 0.0649. The summed E-state index contributed by atoms with van der Waals surface area (Å²) in [5.74, 6) is 1.40. The number of hydrogen-bond donors (Lipinski definition) is 0. The summed E-state index contributed by atoms with van der Waals surface area (Å²) in [5, 5.41) is 8.80. The monoisotopic (exact) mass is 529 g/mol. The average Bonchev–Trinajstić information content (AvgIpc) is 3.21. The van der Waals surface area contributed by atoms with Crippen LogP contribution in [0.25, 0.3) is 0 Å². The minimum Gasteiger partial charge on any atom is -0.493 e. The molecule has 0 spiro atoms. The molecule has 12 heteroatoms. The van der Waals surface area contributed by atoms with E-state index < -0.39 is 5.82 Å². The smallest absolute Gasteiger partial charge is 0.239 e. The van der Waals surface area contributed by atoms with E-state index in [2.05, 4.69) is 10.2 Å². The van der Waals surface area contributed by atoms with E-state index >= 15 is 0 Å². The Labute approximate surface area is 208 Å². The van der Waals surface area contributed by atoms with Crippen LogP contribution in [0.15, 0.2) is 34.5 Å². The lowest BCUT2D eigenvalue weighted by atomic mass is 10.1. The van der Waals surface area contributed by atoms with Crippen molar-refractivity contribution >= 4 is 63.5 Å². The second kappa shape index (κ2) is 10.0. The van der Waals surface area contributed by atoms with Crippen molar-refractivity contribution in [2.75, 3.05) is 32.8 Å². The third-order valence-corrected chi connectivity index (χ3v) is 7.73. The number of methoxy groups -OCH3 is 3. The molecular weight excluding hydrogens is 512 g/mol. The molecule has 0 aliphatic carbocycles. The van der Waals surface area contributed by atoms with Crippen LogP contribution < -0.4 is 14.2 Å². The van der Waals surface area contributed by atoms with Crippen LogP contribution in [0.4, 0.5) is 4.39 Å². The quantitative estimate of drug-likeness (QED) is 0.493. The summed E-state index contributed by atoms with van der Waals surface area (Å²) >= 11 is 14.8. The normalized spacial score (nSPS) is 18.2. The molecule has 1 unspecified atom stereocenters. The fourth-order valence-corrected chi connectivity index (χ4v) is 6.03. The van der Waals surface area contributed by atoms with Crippen molar-refractivity contribution < 1.29 is 23.4 Å². The van der Waals surface area contributed by atoms with E-state index in [1.165, 1.54) is 57.0 Å². The van der Waals surface area contributed by atoms with Gasteiger partial charge in [0.2, 0.25) is 11.7 Å². The number of hydrogen-bond acceptors (Lipinski definition) is 8. The van der Waals surface area contributed by atoms with Gasteiger partial charge in [-0.25, -0.2) is 4.39 Å². The summed E-state index contributed by atoms with van der Waals surface area (Å²) in [6.45, 7) is 0. The van der Waals surface area contributed by atoms with E-state index in [1.807, 2.05) is 12.1 Å². The summed E-state index contributed by atoms with van der Waals surface area (Å²) in [6, 6.07) is 6.19. The molecule has 1 saturated heterocycles. The van der Waals surface area contributed by atoms with Crippen molar-refractivity contribution in [3.8, 4) is 17.2 Å². The summed E-state index contributed by atoms with van der Waals surface area (Å²) < 4.78 is 30.2. The van der Waals surface area contributed by atoms with Crippen LogP contribution in [-0.2, 0) is 4.79 Å². The Morgan fingerprint density at radius 3 is 2.27 bits per heavy atom. The maximum atomic E-state index is 13.9. The molecule has 174 valence electrons. The fourth-order valence-electron chi connectivity index (χ4n) is 3.41. The van der Waals surface area contributed by atoms with Gasteiger partial charge in [0.25, 0.3) is 0 Å². The fraction of sp³-hybridized carbons (Fsp3) is 0.286. The van der Waals surface area contributed by atoms with Crippen LogP contribution in [0.1, 0.15) is 16.5 Å². The molecular formula is C21H18Cl2FN3O4S2. The zero-order valence-electron chi connectivity index (χ0n) is 17.7. The van der Waals surface area contributed by atoms with Crippen molar-refractivity contribution in [1.29, 1.82) is 0 Å². The van der Waals surface area contributed by atoms with E-state index in [-0.39, 0.29) is 27.1 Å². The van der Waals surface area contributed by atoms with Crippen LogP contribution in [-0.4, -0.2) is 54.5 Å². The molecule has 2 aromatic carbocycles. The molecule has 7 nitrogen and oxygen atoms in total. The second-order valence-electron chi connectivity index (χ2n) is 6.85.